The molecule has 96 valence electrons. The lowest BCUT2D eigenvalue weighted by Gasteiger charge is -2.70. The molecule has 0 spiro atoms. The topological polar surface area (TPSA) is 68.3 Å². The molecule has 3 saturated carbocycles. The van der Waals surface area contributed by atoms with Gasteiger partial charge in [-0.3, -0.25) is 19.2 Å². The lowest BCUT2D eigenvalue weighted by atomic mass is 9.27. The van der Waals surface area contributed by atoms with Crippen LogP contribution in [-0.2, 0) is 19.2 Å². The van der Waals surface area contributed by atoms with Crippen LogP contribution in [0.1, 0.15) is 40.5 Å². The highest BCUT2D eigenvalue weighted by molar-refractivity contribution is 6.27. The summed E-state index contributed by atoms with van der Waals surface area (Å²) < 4.78 is 0. The highest BCUT2D eigenvalue weighted by Crippen LogP contribution is 2.84. The van der Waals surface area contributed by atoms with Gasteiger partial charge in [0.2, 0.25) is 0 Å². The van der Waals surface area contributed by atoms with E-state index in [9.17, 15) is 19.2 Å². The minimum atomic E-state index is -1.00. The lowest BCUT2D eigenvalue weighted by Crippen LogP contribution is -2.77. The second-order valence-corrected chi connectivity index (χ2v) is 6.55. The third kappa shape index (κ3) is 0.618. The van der Waals surface area contributed by atoms with Gasteiger partial charge in [0.05, 0.1) is 34.5 Å². The predicted molar refractivity (Wildman–Crippen MR) is 61.7 cm³/mol. The Labute approximate surface area is 105 Å². The number of rotatable bonds is 0. The normalized spacial score (nSPS) is 54.4. The van der Waals surface area contributed by atoms with Crippen molar-refractivity contribution in [2.45, 2.75) is 40.5 Å². The monoisotopic (exact) mass is 248 g/mol. The number of Topliss-reactive ketones (excluding diaryl/α,β-unsaturated/α-hetero) is 4. The molecule has 3 rings (SSSR count). The number of hydrogen-bond donors (Lipinski definition) is 0. The van der Waals surface area contributed by atoms with Crippen molar-refractivity contribution in [3.05, 3.63) is 0 Å². The molecule has 0 heterocycles. The van der Waals surface area contributed by atoms with Gasteiger partial charge in [-0.2, -0.15) is 0 Å². The van der Waals surface area contributed by atoms with Crippen LogP contribution in [0.5, 0.6) is 0 Å². The van der Waals surface area contributed by atoms with Crippen molar-refractivity contribution in [3.8, 4) is 0 Å². The summed E-state index contributed by atoms with van der Waals surface area (Å²) in [6, 6.07) is 0. The molecule has 0 saturated heterocycles. The molecule has 4 heteroatoms. The summed E-state index contributed by atoms with van der Waals surface area (Å²) in [5, 5.41) is 0. The molecule has 0 aromatic heterocycles. The molecule has 3 fully saturated rings. The van der Waals surface area contributed by atoms with E-state index in [0.717, 1.165) is 0 Å². The van der Waals surface area contributed by atoms with Crippen LogP contribution in [-0.4, -0.2) is 23.1 Å². The van der Waals surface area contributed by atoms with Gasteiger partial charge < -0.3 is 0 Å². The van der Waals surface area contributed by atoms with Crippen molar-refractivity contribution >= 4 is 23.1 Å². The van der Waals surface area contributed by atoms with E-state index in [1.54, 1.807) is 27.7 Å². The zero-order chi connectivity index (χ0) is 13.7. The Morgan fingerprint density at radius 1 is 0.556 bits per heavy atom. The Hall–Kier alpha value is -1.32. The maximum absolute atomic E-state index is 12.2. The van der Waals surface area contributed by atoms with Crippen LogP contribution in [0.15, 0.2) is 0 Å². The molecule has 3 aliphatic carbocycles. The van der Waals surface area contributed by atoms with Gasteiger partial charge in [-0.1, -0.05) is 27.7 Å². The third-order valence-corrected chi connectivity index (χ3v) is 6.87. The van der Waals surface area contributed by atoms with Crippen molar-refractivity contribution in [1.29, 1.82) is 0 Å². The predicted octanol–water partition coefficient (Wildman–Crippen LogP) is 1.11. The smallest absolute Gasteiger partial charge is 0.148 e. The first kappa shape index (κ1) is 11.8. The van der Waals surface area contributed by atoms with E-state index in [0.29, 0.717) is 0 Å². The van der Waals surface area contributed by atoms with Crippen molar-refractivity contribution in [3.63, 3.8) is 0 Å². The molecule has 3 aliphatic rings. The van der Waals surface area contributed by atoms with Crippen LogP contribution < -0.4 is 0 Å². The number of fused-ring (bicyclic) bond motifs is 4. The fourth-order valence-corrected chi connectivity index (χ4v) is 5.17. The summed E-state index contributed by atoms with van der Waals surface area (Å²) >= 11 is 0. The molecule has 0 amide bonds. The SMILES string of the molecule is CC12C(=O)CC(=O)C1(C)C1(C)C(=O)CC(=O)C21C. The second kappa shape index (κ2) is 2.51. The average Bonchev–Trinajstić information content (AvgIpc) is 2.57. The highest BCUT2D eigenvalue weighted by Gasteiger charge is 2.92. The molecular formula is C14H16O4. The summed E-state index contributed by atoms with van der Waals surface area (Å²) in [5.41, 5.74) is -4.02. The summed E-state index contributed by atoms with van der Waals surface area (Å²) in [4.78, 5) is 48.9. The zero-order valence-corrected chi connectivity index (χ0v) is 11.0. The summed E-state index contributed by atoms with van der Waals surface area (Å²) in [6.07, 6.45) is -0.280. The van der Waals surface area contributed by atoms with E-state index in [1.165, 1.54) is 0 Å². The lowest BCUT2D eigenvalue weighted by molar-refractivity contribution is -0.243. The highest BCUT2D eigenvalue weighted by atomic mass is 16.2. The van der Waals surface area contributed by atoms with Crippen molar-refractivity contribution in [2.75, 3.05) is 0 Å². The van der Waals surface area contributed by atoms with Gasteiger partial charge in [0.1, 0.15) is 23.1 Å². The van der Waals surface area contributed by atoms with E-state index < -0.39 is 21.7 Å². The van der Waals surface area contributed by atoms with Gasteiger partial charge in [0, 0.05) is 0 Å². The summed E-state index contributed by atoms with van der Waals surface area (Å²) in [5.74, 6) is -0.730. The Morgan fingerprint density at radius 3 is 0.889 bits per heavy atom. The molecule has 0 bridgehead atoms. The van der Waals surface area contributed by atoms with Gasteiger partial charge in [0.25, 0.3) is 0 Å². The first-order valence-electron chi connectivity index (χ1n) is 6.23. The van der Waals surface area contributed by atoms with Crippen LogP contribution in [0.3, 0.4) is 0 Å². The van der Waals surface area contributed by atoms with E-state index in [2.05, 4.69) is 0 Å². The van der Waals surface area contributed by atoms with Crippen LogP contribution >= 0.6 is 0 Å². The quantitative estimate of drug-likeness (QED) is 0.602. The average molecular weight is 248 g/mol. The molecule has 0 N–H and O–H groups in total. The molecule has 0 aliphatic heterocycles. The van der Waals surface area contributed by atoms with E-state index in [1.807, 2.05) is 0 Å². The Kier molecular flexibility index (Phi) is 1.64. The van der Waals surface area contributed by atoms with Crippen LogP contribution in [0.4, 0.5) is 0 Å². The molecule has 0 radical (unpaired) electrons. The molecular weight excluding hydrogens is 232 g/mol. The maximum atomic E-state index is 12.2. The standard InChI is InChI=1S/C14H16O4/c1-11-7(15)5-8(16)12(11,2)14(4)10(18)6-9(17)13(11,14)3/h5-6H2,1-4H3. The van der Waals surface area contributed by atoms with E-state index >= 15 is 0 Å². The molecule has 0 atom stereocenters. The first-order valence-corrected chi connectivity index (χ1v) is 6.23. The fraction of sp³-hybridized carbons (Fsp3) is 0.714. The molecule has 0 aromatic rings. The van der Waals surface area contributed by atoms with Crippen LogP contribution in [0, 0.1) is 21.7 Å². The number of carbonyl (C=O) groups is 4. The van der Waals surface area contributed by atoms with Crippen LogP contribution in [0.25, 0.3) is 0 Å². The third-order valence-electron chi connectivity index (χ3n) is 6.87. The summed E-state index contributed by atoms with van der Waals surface area (Å²) in [7, 11) is 0. The molecule has 4 nitrogen and oxygen atoms in total. The number of carbonyl (C=O) groups excluding carboxylic acids is 4. The Morgan fingerprint density at radius 2 is 0.722 bits per heavy atom. The van der Waals surface area contributed by atoms with Gasteiger partial charge in [-0.25, -0.2) is 0 Å². The number of hydrogen-bond acceptors (Lipinski definition) is 4. The van der Waals surface area contributed by atoms with Crippen molar-refractivity contribution in [2.24, 2.45) is 21.7 Å². The minimum absolute atomic E-state index is 0.140. The summed E-state index contributed by atoms with van der Waals surface area (Å²) in [6.45, 7) is 6.77. The second-order valence-electron chi connectivity index (χ2n) is 6.55. The first-order chi connectivity index (χ1) is 8.10. The van der Waals surface area contributed by atoms with E-state index in [4.69, 9.17) is 0 Å². The maximum Gasteiger partial charge on any atom is 0.148 e. The molecule has 18 heavy (non-hydrogen) atoms. The molecule has 0 aromatic carbocycles. The Bertz CT molecular complexity index is 448. The van der Waals surface area contributed by atoms with Gasteiger partial charge in [-0.15, -0.1) is 0 Å². The van der Waals surface area contributed by atoms with Crippen LogP contribution in [0.2, 0.25) is 0 Å². The number of ketones is 4. The molecule has 0 unspecified atom stereocenters. The van der Waals surface area contributed by atoms with Gasteiger partial charge >= 0.3 is 0 Å². The van der Waals surface area contributed by atoms with Gasteiger partial charge in [-0.05, 0) is 0 Å². The fourth-order valence-electron chi connectivity index (χ4n) is 5.17. The zero-order valence-electron chi connectivity index (χ0n) is 11.0. The van der Waals surface area contributed by atoms with E-state index in [-0.39, 0.29) is 36.0 Å². The largest absolute Gasteiger partial charge is 0.299 e. The Balaban J connectivity index is 2.38. The minimum Gasteiger partial charge on any atom is -0.299 e. The van der Waals surface area contributed by atoms with Gasteiger partial charge in [0.15, 0.2) is 0 Å². The van der Waals surface area contributed by atoms with Crippen molar-refractivity contribution < 1.29 is 19.2 Å². The van der Waals surface area contributed by atoms with Crippen molar-refractivity contribution in [1.82, 2.24) is 0 Å².